The van der Waals surface area contributed by atoms with Crippen LogP contribution in [0.2, 0.25) is 5.02 Å². The van der Waals surface area contributed by atoms with Gasteiger partial charge in [0.1, 0.15) is 11.3 Å². The van der Waals surface area contributed by atoms with Crippen LogP contribution in [0.1, 0.15) is 12.7 Å². The van der Waals surface area contributed by atoms with Crippen molar-refractivity contribution < 1.29 is 0 Å². The smallest absolute Gasteiger partial charge is 0.160 e. The van der Waals surface area contributed by atoms with E-state index in [4.69, 9.17) is 11.6 Å². The molecule has 1 aromatic carbocycles. The lowest BCUT2D eigenvalue weighted by Crippen LogP contribution is -2.08. The molecule has 0 saturated carbocycles. The molecule has 2 heterocycles. The molecule has 0 fully saturated rings. The van der Waals surface area contributed by atoms with Crippen LogP contribution in [0.15, 0.2) is 42.6 Å². The molecule has 20 heavy (non-hydrogen) atoms. The summed E-state index contributed by atoms with van der Waals surface area (Å²) in [5.74, 6) is 0.983. The number of halogens is 1. The van der Waals surface area contributed by atoms with Crippen LogP contribution in [0.4, 0.5) is 5.69 Å². The van der Waals surface area contributed by atoms with Gasteiger partial charge in [-0.3, -0.25) is 0 Å². The Labute approximate surface area is 122 Å². The Hall–Kier alpha value is -2.07. The molecule has 0 atom stereocenters. The van der Waals surface area contributed by atoms with E-state index in [1.165, 1.54) is 0 Å². The van der Waals surface area contributed by atoms with Crippen LogP contribution in [0, 0.1) is 0 Å². The minimum absolute atomic E-state index is 0.659. The Bertz CT molecular complexity index is 718. The fourth-order valence-corrected chi connectivity index (χ4v) is 2.35. The lowest BCUT2D eigenvalue weighted by molar-refractivity contribution is 0.722. The topological polar surface area (TPSA) is 42.7 Å². The van der Waals surface area contributed by atoms with Crippen LogP contribution >= 0.6 is 11.6 Å². The number of imidazole rings is 1. The quantitative estimate of drug-likeness (QED) is 0.795. The highest BCUT2D eigenvalue weighted by Crippen LogP contribution is 2.17. The third kappa shape index (κ3) is 2.47. The SMILES string of the molecule is CCn1c(CNc2ccc(Cl)cc2)nc2cccnc21. The van der Waals surface area contributed by atoms with E-state index in [-0.39, 0.29) is 0 Å². The van der Waals surface area contributed by atoms with Crippen molar-refractivity contribution in [1.82, 2.24) is 14.5 Å². The number of nitrogens with one attached hydrogen (secondary N) is 1. The minimum Gasteiger partial charge on any atom is -0.378 e. The highest BCUT2D eigenvalue weighted by Gasteiger charge is 2.09. The van der Waals surface area contributed by atoms with Gasteiger partial charge < -0.3 is 9.88 Å². The van der Waals surface area contributed by atoms with Crippen molar-refractivity contribution in [2.45, 2.75) is 20.0 Å². The fraction of sp³-hybridized carbons (Fsp3) is 0.200. The molecule has 0 amide bonds. The Morgan fingerprint density at radius 2 is 2.00 bits per heavy atom. The zero-order chi connectivity index (χ0) is 13.9. The van der Waals surface area contributed by atoms with Crippen molar-refractivity contribution in [3.63, 3.8) is 0 Å². The maximum Gasteiger partial charge on any atom is 0.160 e. The zero-order valence-electron chi connectivity index (χ0n) is 11.2. The number of anilines is 1. The summed E-state index contributed by atoms with van der Waals surface area (Å²) >= 11 is 5.88. The van der Waals surface area contributed by atoms with Gasteiger partial charge in [-0.1, -0.05) is 11.6 Å². The number of aromatic nitrogens is 3. The summed E-state index contributed by atoms with van der Waals surface area (Å²) in [7, 11) is 0. The van der Waals surface area contributed by atoms with Crippen LogP contribution < -0.4 is 5.32 Å². The molecule has 3 rings (SSSR count). The number of nitrogens with zero attached hydrogens (tertiary/aromatic N) is 3. The zero-order valence-corrected chi connectivity index (χ0v) is 11.9. The van der Waals surface area contributed by atoms with E-state index in [0.717, 1.165) is 34.2 Å². The molecule has 102 valence electrons. The van der Waals surface area contributed by atoms with Crippen LogP contribution in [0.5, 0.6) is 0 Å². The largest absolute Gasteiger partial charge is 0.378 e. The van der Waals surface area contributed by atoms with Gasteiger partial charge in [0.05, 0.1) is 6.54 Å². The molecule has 0 spiro atoms. The summed E-state index contributed by atoms with van der Waals surface area (Å²) < 4.78 is 2.12. The Kier molecular flexibility index (Phi) is 3.56. The first-order valence-corrected chi connectivity index (χ1v) is 6.95. The number of pyridine rings is 1. The van der Waals surface area contributed by atoms with Crippen LogP contribution in [0.3, 0.4) is 0 Å². The monoisotopic (exact) mass is 286 g/mol. The summed E-state index contributed by atoms with van der Waals surface area (Å²) in [6.45, 7) is 3.61. The van der Waals surface area contributed by atoms with E-state index in [1.54, 1.807) is 6.20 Å². The van der Waals surface area contributed by atoms with Gasteiger partial charge in [-0.15, -0.1) is 0 Å². The van der Waals surface area contributed by atoms with Gasteiger partial charge in [-0.2, -0.15) is 0 Å². The average molecular weight is 287 g/mol. The van der Waals surface area contributed by atoms with E-state index < -0.39 is 0 Å². The van der Waals surface area contributed by atoms with E-state index in [2.05, 4.69) is 26.8 Å². The molecule has 0 aliphatic rings. The van der Waals surface area contributed by atoms with E-state index >= 15 is 0 Å². The van der Waals surface area contributed by atoms with Gasteiger partial charge in [0.2, 0.25) is 0 Å². The van der Waals surface area contributed by atoms with Crippen LogP contribution in [0.25, 0.3) is 11.2 Å². The second kappa shape index (κ2) is 5.51. The van der Waals surface area contributed by atoms with Gasteiger partial charge in [0.15, 0.2) is 5.65 Å². The summed E-state index contributed by atoms with van der Waals surface area (Å²) in [5, 5.41) is 4.09. The molecule has 0 aliphatic carbocycles. The van der Waals surface area contributed by atoms with Gasteiger partial charge in [-0.05, 0) is 43.3 Å². The second-order valence-electron chi connectivity index (χ2n) is 4.48. The number of fused-ring (bicyclic) bond motifs is 1. The number of hydrogen-bond donors (Lipinski definition) is 1. The van der Waals surface area contributed by atoms with Crippen molar-refractivity contribution >= 4 is 28.5 Å². The summed E-state index contributed by atoms with van der Waals surface area (Å²) in [6.07, 6.45) is 1.80. The average Bonchev–Trinajstić information content (AvgIpc) is 2.84. The Morgan fingerprint density at radius 3 is 2.75 bits per heavy atom. The molecule has 0 aliphatic heterocycles. The molecule has 2 aromatic heterocycles. The van der Waals surface area contributed by atoms with Gasteiger partial charge in [-0.25, -0.2) is 9.97 Å². The van der Waals surface area contributed by atoms with Crippen molar-refractivity contribution in [1.29, 1.82) is 0 Å². The number of hydrogen-bond acceptors (Lipinski definition) is 3. The third-order valence-corrected chi connectivity index (χ3v) is 3.45. The normalized spacial score (nSPS) is 10.9. The molecule has 0 radical (unpaired) electrons. The molecule has 3 aromatic rings. The van der Waals surface area contributed by atoms with E-state index in [0.29, 0.717) is 6.54 Å². The van der Waals surface area contributed by atoms with Crippen LogP contribution in [-0.4, -0.2) is 14.5 Å². The molecular weight excluding hydrogens is 272 g/mol. The van der Waals surface area contributed by atoms with Gasteiger partial charge in [0, 0.05) is 23.5 Å². The van der Waals surface area contributed by atoms with Crippen molar-refractivity contribution in [3.05, 3.63) is 53.4 Å². The molecule has 0 saturated heterocycles. The molecule has 0 bridgehead atoms. The Balaban J connectivity index is 1.85. The first-order valence-electron chi connectivity index (χ1n) is 6.57. The Morgan fingerprint density at radius 1 is 1.20 bits per heavy atom. The highest BCUT2D eigenvalue weighted by molar-refractivity contribution is 6.30. The first kappa shape index (κ1) is 12.9. The molecular formula is C15H15ClN4. The highest BCUT2D eigenvalue weighted by atomic mass is 35.5. The molecule has 4 nitrogen and oxygen atoms in total. The van der Waals surface area contributed by atoms with Crippen molar-refractivity contribution in [2.24, 2.45) is 0 Å². The minimum atomic E-state index is 0.659. The number of aryl methyl sites for hydroxylation is 1. The predicted octanol–water partition coefficient (Wildman–Crippen LogP) is 3.72. The molecule has 1 N–H and O–H groups in total. The third-order valence-electron chi connectivity index (χ3n) is 3.19. The van der Waals surface area contributed by atoms with Gasteiger partial charge in [0.25, 0.3) is 0 Å². The summed E-state index contributed by atoms with van der Waals surface area (Å²) in [6, 6.07) is 11.5. The van der Waals surface area contributed by atoms with Gasteiger partial charge >= 0.3 is 0 Å². The summed E-state index contributed by atoms with van der Waals surface area (Å²) in [5.41, 5.74) is 2.89. The summed E-state index contributed by atoms with van der Waals surface area (Å²) in [4.78, 5) is 9.02. The lowest BCUT2D eigenvalue weighted by Gasteiger charge is -2.08. The first-order chi connectivity index (χ1) is 9.78. The maximum absolute atomic E-state index is 5.88. The number of benzene rings is 1. The van der Waals surface area contributed by atoms with Crippen molar-refractivity contribution in [2.75, 3.05) is 5.32 Å². The maximum atomic E-state index is 5.88. The van der Waals surface area contributed by atoms with Crippen molar-refractivity contribution in [3.8, 4) is 0 Å². The second-order valence-corrected chi connectivity index (χ2v) is 4.92. The predicted molar refractivity (Wildman–Crippen MR) is 82.0 cm³/mol. The lowest BCUT2D eigenvalue weighted by atomic mass is 10.3. The number of rotatable bonds is 4. The van der Waals surface area contributed by atoms with E-state index in [1.807, 2.05) is 36.4 Å². The molecule has 0 unspecified atom stereocenters. The van der Waals surface area contributed by atoms with Crippen LogP contribution in [-0.2, 0) is 13.1 Å². The standard InChI is InChI=1S/C15H15ClN4/c1-2-20-14(19-13-4-3-9-17-15(13)20)10-18-12-7-5-11(16)6-8-12/h3-9,18H,2,10H2,1H3. The fourth-order valence-electron chi connectivity index (χ4n) is 2.22. The molecule has 5 heteroatoms. The van der Waals surface area contributed by atoms with E-state index in [9.17, 15) is 0 Å².